The summed E-state index contributed by atoms with van der Waals surface area (Å²) in [5.41, 5.74) is 2.19. The van der Waals surface area contributed by atoms with E-state index in [9.17, 15) is 18.0 Å². The van der Waals surface area contributed by atoms with Gasteiger partial charge in [-0.25, -0.2) is 0 Å². The number of H-pyrrole nitrogens is 1. The Bertz CT molecular complexity index is 765. The number of nitrogens with one attached hydrogen (secondary N) is 2. The molecule has 1 aliphatic rings. The Morgan fingerprint density at radius 2 is 1.88 bits per heavy atom. The summed E-state index contributed by atoms with van der Waals surface area (Å²) in [7, 11) is 0. The zero-order valence-electron chi connectivity index (χ0n) is 14.1. The van der Waals surface area contributed by atoms with Crippen LogP contribution in [-0.4, -0.2) is 22.1 Å². The zero-order chi connectivity index (χ0) is 18.2. The van der Waals surface area contributed by atoms with Crippen molar-refractivity contribution >= 4 is 5.91 Å². The Labute approximate surface area is 143 Å². The highest BCUT2D eigenvalue weighted by Crippen LogP contribution is 2.36. The predicted octanol–water partition coefficient (Wildman–Crippen LogP) is 4.11. The maximum absolute atomic E-state index is 12.7. The van der Waals surface area contributed by atoms with Gasteiger partial charge in [0.2, 0.25) is 0 Å². The number of aromatic nitrogens is 2. The molecular weight excluding hydrogens is 331 g/mol. The molecule has 25 heavy (non-hydrogen) atoms. The number of alkyl halides is 3. The van der Waals surface area contributed by atoms with E-state index in [2.05, 4.69) is 15.5 Å². The molecule has 0 spiro atoms. The summed E-state index contributed by atoms with van der Waals surface area (Å²) in [6, 6.07) is 5.14. The first-order valence-corrected chi connectivity index (χ1v) is 8.27. The molecule has 0 radical (unpaired) electrons. The standard InChI is InChI=1S/C18H20F3N3O/c1-10-11(2)23-24-16(10)17(25)22-15-5-3-4-14(15)12-6-8-13(9-7-12)18(19,20)21/h6-9,14-15H,3-5H2,1-2H3,(H,22,25)(H,23,24). The molecule has 2 unspecified atom stereocenters. The minimum Gasteiger partial charge on any atom is -0.347 e. The van der Waals surface area contributed by atoms with E-state index in [1.165, 1.54) is 12.1 Å². The number of benzene rings is 1. The van der Waals surface area contributed by atoms with Crippen LogP contribution in [0.25, 0.3) is 0 Å². The fraction of sp³-hybridized carbons (Fsp3) is 0.444. The maximum Gasteiger partial charge on any atom is 0.416 e. The Kier molecular flexibility index (Phi) is 4.58. The number of halogens is 3. The molecule has 0 aliphatic heterocycles. The van der Waals surface area contributed by atoms with Gasteiger partial charge in [-0.05, 0) is 44.4 Å². The molecule has 4 nitrogen and oxygen atoms in total. The average molecular weight is 351 g/mol. The summed E-state index contributed by atoms with van der Waals surface area (Å²) in [5.74, 6) is -0.225. The molecule has 2 N–H and O–H groups in total. The second-order valence-electron chi connectivity index (χ2n) is 6.56. The molecular formula is C18H20F3N3O. The first-order chi connectivity index (χ1) is 11.8. The van der Waals surface area contributed by atoms with E-state index in [0.717, 1.165) is 48.2 Å². The van der Waals surface area contributed by atoms with Crippen molar-refractivity contribution in [2.75, 3.05) is 0 Å². The summed E-state index contributed by atoms with van der Waals surface area (Å²) < 4.78 is 38.1. The number of aryl methyl sites for hydroxylation is 1. The lowest BCUT2D eigenvalue weighted by molar-refractivity contribution is -0.137. The van der Waals surface area contributed by atoms with E-state index in [0.29, 0.717) is 5.69 Å². The van der Waals surface area contributed by atoms with Gasteiger partial charge in [0.1, 0.15) is 0 Å². The number of amides is 1. The molecule has 1 aliphatic carbocycles. The van der Waals surface area contributed by atoms with Gasteiger partial charge in [-0.2, -0.15) is 18.3 Å². The molecule has 2 aromatic rings. The van der Waals surface area contributed by atoms with E-state index in [-0.39, 0.29) is 17.9 Å². The molecule has 1 fully saturated rings. The van der Waals surface area contributed by atoms with Gasteiger partial charge in [-0.1, -0.05) is 18.6 Å². The molecule has 1 amide bonds. The van der Waals surface area contributed by atoms with Crippen molar-refractivity contribution in [2.24, 2.45) is 0 Å². The monoisotopic (exact) mass is 351 g/mol. The number of nitrogens with zero attached hydrogens (tertiary/aromatic N) is 1. The van der Waals surface area contributed by atoms with E-state index in [1.807, 2.05) is 13.8 Å². The van der Waals surface area contributed by atoms with Crippen molar-refractivity contribution in [1.82, 2.24) is 15.5 Å². The molecule has 3 rings (SSSR count). The second kappa shape index (κ2) is 6.54. The van der Waals surface area contributed by atoms with E-state index >= 15 is 0 Å². The largest absolute Gasteiger partial charge is 0.416 e. The maximum atomic E-state index is 12.7. The second-order valence-corrected chi connectivity index (χ2v) is 6.56. The van der Waals surface area contributed by atoms with Crippen LogP contribution in [0.1, 0.15) is 58.1 Å². The first kappa shape index (κ1) is 17.5. The normalized spacial score (nSPS) is 20.7. The fourth-order valence-corrected chi connectivity index (χ4v) is 3.39. The third-order valence-corrected chi connectivity index (χ3v) is 4.97. The molecule has 2 atom stereocenters. The number of aromatic amines is 1. The van der Waals surface area contributed by atoms with Gasteiger partial charge >= 0.3 is 6.18 Å². The van der Waals surface area contributed by atoms with Crippen molar-refractivity contribution in [2.45, 2.75) is 51.2 Å². The minimum atomic E-state index is -4.34. The van der Waals surface area contributed by atoms with Crippen LogP contribution < -0.4 is 5.32 Å². The number of hydrogen-bond acceptors (Lipinski definition) is 2. The van der Waals surface area contributed by atoms with Crippen LogP contribution in [-0.2, 0) is 6.18 Å². The van der Waals surface area contributed by atoms with E-state index < -0.39 is 11.7 Å². The zero-order valence-corrected chi connectivity index (χ0v) is 14.1. The van der Waals surface area contributed by atoms with Crippen molar-refractivity contribution in [3.63, 3.8) is 0 Å². The van der Waals surface area contributed by atoms with Crippen molar-refractivity contribution in [3.8, 4) is 0 Å². The smallest absolute Gasteiger partial charge is 0.347 e. The van der Waals surface area contributed by atoms with Crippen LogP contribution in [0.3, 0.4) is 0 Å². The third kappa shape index (κ3) is 3.55. The van der Waals surface area contributed by atoms with Gasteiger partial charge < -0.3 is 5.32 Å². The summed E-state index contributed by atoms with van der Waals surface area (Å²) in [4.78, 5) is 12.5. The molecule has 134 valence electrons. The first-order valence-electron chi connectivity index (χ1n) is 8.27. The highest BCUT2D eigenvalue weighted by atomic mass is 19.4. The number of carbonyl (C=O) groups excluding carboxylic acids is 1. The van der Waals surface area contributed by atoms with Crippen LogP contribution in [0.4, 0.5) is 13.2 Å². The van der Waals surface area contributed by atoms with E-state index in [4.69, 9.17) is 0 Å². The molecule has 1 saturated carbocycles. The molecule has 1 heterocycles. The van der Waals surface area contributed by atoms with Crippen LogP contribution >= 0.6 is 0 Å². The Morgan fingerprint density at radius 3 is 2.44 bits per heavy atom. The molecule has 1 aromatic carbocycles. The molecule has 7 heteroatoms. The molecule has 0 bridgehead atoms. The average Bonchev–Trinajstić information content (AvgIpc) is 3.14. The van der Waals surface area contributed by atoms with E-state index in [1.54, 1.807) is 0 Å². The lowest BCUT2D eigenvalue weighted by atomic mass is 9.93. The molecule has 0 saturated heterocycles. The van der Waals surface area contributed by atoms with Gasteiger partial charge in [0.25, 0.3) is 5.91 Å². The van der Waals surface area contributed by atoms with Crippen LogP contribution in [0.2, 0.25) is 0 Å². The van der Waals surface area contributed by atoms with Gasteiger partial charge in [-0.15, -0.1) is 0 Å². The lowest BCUT2D eigenvalue weighted by Crippen LogP contribution is -2.37. The van der Waals surface area contributed by atoms with Crippen LogP contribution in [0.15, 0.2) is 24.3 Å². The van der Waals surface area contributed by atoms with Crippen LogP contribution in [0, 0.1) is 13.8 Å². The van der Waals surface area contributed by atoms with Gasteiger partial charge in [-0.3, -0.25) is 9.89 Å². The van der Waals surface area contributed by atoms with Gasteiger partial charge in [0.05, 0.1) is 5.56 Å². The van der Waals surface area contributed by atoms with Gasteiger partial charge in [0.15, 0.2) is 5.69 Å². The highest BCUT2D eigenvalue weighted by Gasteiger charge is 2.33. The summed E-state index contributed by atoms with van der Waals surface area (Å²) in [6.07, 6.45) is -1.76. The SMILES string of the molecule is Cc1[nH]nc(C(=O)NC2CCCC2c2ccc(C(F)(F)F)cc2)c1C. The number of hydrogen-bond donors (Lipinski definition) is 2. The lowest BCUT2D eigenvalue weighted by Gasteiger charge is -2.21. The summed E-state index contributed by atoms with van der Waals surface area (Å²) >= 11 is 0. The number of rotatable bonds is 3. The molecule has 1 aromatic heterocycles. The summed E-state index contributed by atoms with van der Waals surface area (Å²) in [5, 5.41) is 9.82. The topological polar surface area (TPSA) is 57.8 Å². The Hall–Kier alpha value is -2.31. The minimum absolute atomic E-state index is 0.0200. The summed E-state index contributed by atoms with van der Waals surface area (Å²) in [6.45, 7) is 3.68. The predicted molar refractivity (Wildman–Crippen MR) is 87.4 cm³/mol. The van der Waals surface area contributed by atoms with Crippen molar-refractivity contribution in [1.29, 1.82) is 0 Å². The third-order valence-electron chi connectivity index (χ3n) is 4.97. The Balaban J connectivity index is 1.74. The number of carbonyl (C=O) groups is 1. The highest BCUT2D eigenvalue weighted by molar-refractivity contribution is 5.94. The van der Waals surface area contributed by atoms with Crippen molar-refractivity contribution < 1.29 is 18.0 Å². The quantitative estimate of drug-likeness (QED) is 0.874. The van der Waals surface area contributed by atoms with Crippen molar-refractivity contribution in [3.05, 3.63) is 52.3 Å². The van der Waals surface area contributed by atoms with Crippen LogP contribution in [0.5, 0.6) is 0 Å². The fourth-order valence-electron chi connectivity index (χ4n) is 3.39. The Morgan fingerprint density at radius 1 is 1.20 bits per heavy atom. The van der Waals surface area contributed by atoms with Gasteiger partial charge in [0, 0.05) is 23.2 Å².